The smallest absolute Gasteiger partial charge is 0.336 e. The highest BCUT2D eigenvalue weighted by Gasteiger charge is 2.35. The average Bonchev–Trinajstić information content (AvgIpc) is 2.14. The molecule has 4 nitrogen and oxygen atoms in total. The van der Waals surface area contributed by atoms with Gasteiger partial charge in [-0.3, -0.25) is 0 Å². The van der Waals surface area contributed by atoms with Gasteiger partial charge in [0.05, 0.1) is 0 Å². The molecular weight excluding hydrogens is 208 g/mol. The van der Waals surface area contributed by atoms with Gasteiger partial charge in [-0.25, -0.2) is 0 Å². The summed E-state index contributed by atoms with van der Waals surface area (Å²) in [5.74, 6) is 0. The molecule has 5 heteroatoms. The highest BCUT2D eigenvalue weighted by atomic mass is 28.4. The Labute approximate surface area is 94.6 Å². The Bertz CT molecular complexity index is 179. The summed E-state index contributed by atoms with van der Waals surface area (Å²) < 4.78 is 11.7. The Morgan fingerprint density at radius 2 is 1.93 bits per heavy atom. The molecule has 0 saturated carbocycles. The summed E-state index contributed by atoms with van der Waals surface area (Å²) in [5.41, 5.74) is 10.9. The van der Waals surface area contributed by atoms with Crippen molar-refractivity contribution >= 4 is 8.56 Å². The lowest BCUT2D eigenvalue weighted by atomic mass is 10.1. The molecule has 0 amide bonds. The van der Waals surface area contributed by atoms with Crippen LogP contribution in [0, 0.1) is 0 Å². The lowest BCUT2D eigenvalue weighted by molar-refractivity contribution is 0.0351. The molecular formula is C10H26N2O2Si. The average molecular weight is 234 g/mol. The summed E-state index contributed by atoms with van der Waals surface area (Å²) in [5, 5.41) is 0. The number of hydrogen-bond donors (Lipinski definition) is 2. The van der Waals surface area contributed by atoms with Gasteiger partial charge in [0.1, 0.15) is 5.72 Å². The molecule has 2 atom stereocenters. The van der Waals surface area contributed by atoms with E-state index >= 15 is 0 Å². The zero-order chi connectivity index (χ0) is 11.9. The van der Waals surface area contributed by atoms with Gasteiger partial charge in [-0.2, -0.15) is 0 Å². The molecule has 0 spiro atoms. The van der Waals surface area contributed by atoms with Crippen LogP contribution in [0.15, 0.2) is 0 Å². The van der Waals surface area contributed by atoms with E-state index in [-0.39, 0.29) is 0 Å². The number of rotatable bonds is 8. The van der Waals surface area contributed by atoms with Gasteiger partial charge in [-0.05, 0) is 45.8 Å². The summed E-state index contributed by atoms with van der Waals surface area (Å²) in [4.78, 5) is 0. The van der Waals surface area contributed by atoms with Crippen LogP contribution in [0.5, 0.6) is 0 Å². The lowest BCUT2D eigenvalue weighted by Gasteiger charge is -2.35. The van der Waals surface area contributed by atoms with E-state index in [1.807, 2.05) is 13.8 Å². The van der Waals surface area contributed by atoms with Crippen molar-refractivity contribution in [2.45, 2.75) is 51.9 Å². The van der Waals surface area contributed by atoms with E-state index < -0.39 is 14.3 Å². The predicted octanol–water partition coefficient (Wildman–Crippen LogP) is 1.55. The van der Waals surface area contributed by atoms with E-state index in [9.17, 15) is 0 Å². The summed E-state index contributed by atoms with van der Waals surface area (Å²) in [6.07, 6.45) is 1.66. The van der Waals surface area contributed by atoms with Crippen molar-refractivity contribution in [2.75, 3.05) is 13.2 Å². The second kappa shape index (κ2) is 6.60. The van der Waals surface area contributed by atoms with Crippen molar-refractivity contribution < 1.29 is 8.85 Å². The van der Waals surface area contributed by atoms with Crippen molar-refractivity contribution in [1.82, 2.24) is 0 Å². The Balaban J connectivity index is 4.25. The van der Waals surface area contributed by atoms with Crippen LogP contribution in [0.1, 0.15) is 33.6 Å². The first kappa shape index (κ1) is 15.1. The fraction of sp³-hybridized carbons (Fsp3) is 1.00. The fourth-order valence-electron chi connectivity index (χ4n) is 1.51. The zero-order valence-corrected chi connectivity index (χ0v) is 11.5. The van der Waals surface area contributed by atoms with E-state index in [4.69, 9.17) is 20.3 Å². The first-order chi connectivity index (χ1) is 6.89. The van der Waals surface area contributed by atoms with E-state index in [0.717, 1.165) is 18.9 Å². The van der Waals surface area contributed by atoms with Gasteiger partial charge < -0.3 is 20.3 Å². The third-order valence-electron chi connectivity index (χ3n) is 2.42. The van der Waals surface area contributed by atoms with Crippen molar-refractivity contribution in [3.63, 3.8) is 0 Å². The van der Waals surface area contributed by atoms with Crippen molar-refractivity contribution in [1.29, 1.82) is 0 Å². The molecule has 2 unspecified atom stereocenters. The molecule has 15 heavy (non-hydrogen) atoms. The quantitative estimate of drug-likeness (QED) is 0.494. The van der Waals surface area contributed by atoms with E-state index in [1.165, 1.54) is 0 Å². The Kier molecular flexibility index (Phi) is 6.62. The molecule has 0 aromatic rings. The SMILES string of the molecule is CCO[Si](C)(CC)OC(C)(N)CCCN. The standard InChI is InChI=1S/C10H26N2O2Si/c1-5-13-15(4,6-2)14-10(3,12)8-7-9-11/h5-9,11-12H2,1-4H3. The fourth-order valence-corrected chi connectivity index (χ4v) is 3.61. The zero-order valence-electron chi connectivity index (χ0n) is 10.5. The first-order valence-electron chi connectivity index (χ1n) is 5.72. The molecule has 0 fully saturated rings. The second-order valence-corrected chi connectivity index (χ2v) is 7.69. The second-order valence-electron chi connectivity index (χ2n) is 4.23. The molecule has 4 N–H and O–H groups in total. The molecule has 0 aromatic carbocycles. The van der Waals surface area contributed by atoms with Crippen LogP contribution in [0.4, 0.5) is 0 Å². The Morgan fingerprint density at radius 3 is 2.33 bits per heavy atom. The highest BCUT2D eigenvalue weighted by molar-refractivity contribution is 6.66. The van der Waals surface area contributed by atoms with Crippen molar-refractivity contribution in [3.05, 3.63) is 0 Å². The third kappa shape index (κ3) is 6.27. The summed E-state index contributed by atoms with van der Waals surface area (Å²) in [7, 11) is -2.07. The van der Waals surface area contributed by atoms with Crippen LogP contribution in [0.2, 0.25) is 12.6 Å². The number of hydrogen-bond acceptors (Lipinski definition) is 4. The molecule has 0 rings (SSSR count). The van der Waals surface area contributed by atoms with Crippen LogP contribution < -0.4 is 11.5 Å². The summed E-state index contributed by atoms with van der Waals surface area (Å²) in [6.45, 7) is 9.37. The van der Waals surface area contributed by atoms with Crippen molar-refractivity contribution in [2.24, 2.45) is 11.5 Å². The van der Waals surface area contributed by atoms with Gasteiger partial charge >= 0.3 is 8.56 Å². The maximum atomic E-state index is 6.07. The van der Waals surface area contributed by atoms with E-state index in [0.29, 0.717) is 13.2 Å². The minimum absolute atomic E-state index is 0.606. The molecule has 0 radical (unpaired) electrons. The van der Waals surface area contributed by atoms with Gasteiger partial charge in [0.25, 0.3) is 0 Å². The maximum absolute atomic E-state index is 6.07. The monoisotopic (exact) mass is 234 g/mol. The molecule has 0 aromatic heterocycles. The Morgan fingerprint density at radius 1 is 1.33 bits per heavy atom. The maximum Gasteiger partial charge on any atom is 0.336 e. The topological polar surface area (TPSA) is 70.5 Å². The minimum atomic E-state index is -2.07. The van der Waals surface area contributed by atoms with Gasteiger partial charge in [-0.1, -0.05) is 6.92 Å². The summed E-state index contributed by atoms with van der Waals surface area (Å²) in [6, 6.07) is 0.913. The highest BCUT2D eigenvalue weighted by Crippen LogP contribution is 2.21. The third-order valence-corrected chi connectivity index (χ3v) is 5.50. The minimum Gasteiger partial charge on any atom is -0.395 e. The molecule has 0 heterocycles. The van der Waals surface area contributed by atoms with Crippen LogP contribution >= 0.6 is 0 Å². The van der Waals surface area contributed by atoms with Crippen LogP contribution in [0.25, 0.3) is 0 Å². The van der Waals surface area contributed by atoms with E-state index in [1.54, 1.807) is 0 Å². The normalized spacial score (nSPS) is 19.6. The van der Waals surface area contributed by atoms with Crippen LogP contribution in [-0.2, 0) is 8.85 Å². The van der Waals surface area contributed by atoms with Gasteiger partial charge in [0.2, 0.25) is 0 Å². The molecule has 0 bridgehead atoms. The predicted molar refractivity (Wildman–Crippen MR) is 65.7 cm³/mol. The first-order valence-corrected chi connectivity index (χ1v) is 8.24. The molecule has 0 aliphatic carbocycles. The van der Waals surface area contributed by atoms with Gasteiger partial charge in [-0.15, -0.1) is 0 Å². The molecule has 0 aliphatic heterocycles. The van der Waals surface area contributed by atoms with E-state index in [2.05, 4.69) is 13.5 Å². The summed E-state index contributed by atoms with van der Waals surface area (Å²) >= 11 is 0. The molecule has 0 saturated heterocycles. The Hall–Kier alpha value is 0.0569. The molecule has 0 aliphatic rings. The van der Waals surface area contributed by atoms with Crippen molar-refractivity contribution in [3.8, 4) is 0 Å². The van der Waals surface area contributed by atoms with Gasteiger partial charge in [0, 0.05) is 6.61 Å². The van der Waals surface area contributed by atoms with Crippen LogP contribution in [0.3, 0.4) is 0 Å². The lowest BCUT2D eigenvalue weighted by Crippen LogP contribution is -2.51. The largest absolute Gasteiger partial charge is 0.395 e. The van der Waals surface area contributed by atoms with Gasteiger partial charge in [0.15, 0.2) is 0 Å². The number of nitrogens with two attached hydrogens (primary N) is 2. The molecule has 92 valence electrons. The van der Waals surface area contributed by atoms with Crippen LogP contribution in [-0.4, -0.2) is 27.4 Å².